The van der Waals surface area contributed by atoms with Gasteiger partial charge in [-0.1, -0.05) is 30.3 Å². The van der Waals surface area contributed by atoms with Crippen LogP contribution in [0.3, 0.4) is 0 Å². The van der Waals surface area contributed by atoms with E-state index in [1.54, 1.807) is 4.68 Å². The van der Waals surface area contributed by atoms with E-state index in [0.717, 1.165) is 70.2 Å². The summed E-state index contributed by atoms with van der Waals surface area (Å²) in [6.07, 6.45) is 2.07. The summed E-state index contributed by atoms with van der Waals surface area (Å²) in [6, 6.07) is 10.2. The van der Waals surface area contributed by atoms with Crippen LogP contribution >= 0.6 is 0 Å². The zero-order valence-corrected chi connectivity index (χ0v) is 15.8. The van der Waals surface area contributed by atoms with Gasteiger partial charge in [0.25, 0.3) is 0 Å². The summed E-state index contributed by atoms with van der Waals surface area (Å²) in [5.74, 6) is 1.31. The van der Waals surface area contributed by atoms with Gasteiger partial charge in [-0.15, -0.1) is 0 Å². The number of rotatable bonds is 6. The zero-order chi connectivity index (χ0) is 18.5. The second-order valence-electron chi connectivity index (χ2n) is 7.41. The van der Waals surface area contributed by atoms with Gasteiger partial charge in [-0.05, 0) is 31.5 Å². The van der Waals surface area contributed by atoms with E-state index < -0.39 is 0 Å². The number of hydrogen-bond acceptors (Lipinski definition) is 5. The first kappa shape index (κ1) is 18.4. The lowest BCUT2D eigenvalue weighted by molar-refractivity contribution is 0.0358. The molecule has 3 heterocycles. The van der Waals surface area contributed by atoms with Crippen molar-refractivity contribution in [2.45, 2.75) is 31.8 Å². The molecule has 27 heavy (non-hydrogen) atoms. The van der Waals surface area contributed by atoms with Crippen LogP contribution in [0.2, 0.25) is 0 Å². The molecule has 7 nitrogen and oxygen atoms in total. The summed E-state index contributed by atoms with van der Waals surface area (Å²) in [6.45, 7) is 7.47. The van der Waals surface area contributed by atoms with Crippen LogP contribution < -0.4 is 11.0 Å². The van der Waals surface area contributed by atoms with E-state index in [2.05, 4.69) is 22.3 Å². The smallest absolute Gasteiger partial charge is 0.346 e. The average molecular weight is 371 g/mol. The maximum absolute atomic E-state index is 13.1. The first-order valence-electron chi connectivity index (χ1n) is 10.0. The number of hydrogen-bond donors (Lipinski definition) is 1. The van der Waals surface area contributed by atoms with Crippen molar-refractivity contribution < 1.29 is 4.74 Å². The Balaban J connectivity index is 1.56. The number of aromatic nitrogens is 3. The molecule has 1 aromatic heterocycles. The van der Waals surface area contributed by atoms with Crippen LogP contribution in [0.4, 0.5) is 0 Å². The van der Waals surface area contributed by atoms with E-state index in [1.807, 2.05) is 22.8 Å². The van der Waals surface area contributed by atoms with Gasteiger partial charge in [0.15, 0.2) is 0 Å². The maximum Gasteiger partial charge on any atom is 0.346 e. The van der Waals surface area contributed by atoms with Gasteiger partial charge in [-0.3, -0.25) is 9.47 Å². The fourth-order valence-electron chi connectivity index (χ4n) is 3.96. The van der Waals surface area contributed by atoms with Crippen LogP contribution in [-0.2, 0) is 17.8 Å². The number of nitrogens with one attached hydrogen (secondary N) is 1. The minimum atomic E-state index is 0.0145. The largest absolute Gasteiger partial charge is 0.379 e. The Labute approximate surface area is 159 Å². The Kier molecular flexibility index (Phi) is 6.01. The molecule has 1 N–H and O–H groups in total. The van der Waals surface area contributed by atoms with Gasteiger partial charge in [-0.25, -0.2) is 9.48 Å². The van der Waals surface area contributed by atoms with Gasteiger partial charge in [-0.2, -0.15) is 5.10 Å². The van der Waals surface area contributed by atoms with Gasteiger partial charge >= 0.3 is 5.69 Å². The van der Waals surface area contributed by atoms with Gasteiger partial charge in [0.05, 0.1) is 26.3 Å². The molecule has 0 amide bonds. The highest BCUT2D eigenvalue weighted by molar-refractivity contribution is 5.16. The second kappa shape index (κ2) is 8.82. The van der Waals surface area contributed by atoms with Crippen molar-refractivity contribution in [3.8, 4) is 0 Å². The SMILES string of the molecule is O=c1n(CCN2CCOCC2)nc(C2CCNCC2)n1Cc1ccccc1. The van der Waals surface area contributed by atoms with Crippen molar-refractivity contribution >= 4 is 0 Å². The molecule has 2 fully saturated rings. The number of piperidine rings is 1. The van der Waals surface area contributed by atoms with Crippen molar-refractivity contribution in [3.63, 3.8) is 0 Å². The molecule has 0 bridgehead atoms. The summed E-state index contributed by atoms with van der Waals surface area (Å²) in [5.41, 5.74) is 1.16. The molecular formula is C20H29N5O2. The molecule has 0 atom stereocenters. The number of benzene rings is 1. The minimum absolute atomic E-state index is 0.0145. The van der Waals surface area contributed by atoms with Crippen molar-refractivity contribution in [1.29, 1.82) is 0 Å². The predicted molar refractivity (Wildman–Crippen MR) is 104 cm³/mol. The Hall–Kier alpha value is -1.96. The molecule has 0 saturated carbocycles. The zero-order valence-electron chi connectivity index (χ0n) is 15.8. The van der Waals surface area contributed by atoms with Crippen LogP contribution in [0.15, 0.2) is 35.1 Å². The maximum atomic E-state index is 13.1. The normalized spacial score (nSPS) is 19.4. The van der Waals surface area contributed by atoms with Gasteiger partial charge in [0, 0.05) is 25.6 Å². The van der Waals surface area contributed by atoms with Crippen molar-refractivity contribution in [1.82, 2.24) is 24.6 Å². The minimum Gasteiger partial charge on any atom is -0.379 e. The molecule has 146 valence electrons. The molecule has 2 saturated heterocycles. The predicted octanol–water partition coefficient (Wildman–Crippen LogP) is 0.892. The molecule has 4 rings (SSSR count). The summed E-state index contributed by atoms with van der Waals surface area (Å²) < 4.78 is 8.98. The highest BCUT2D eigenvalue weighted by Crippen LogP contribution is 2.23. The third kappa shape index (κ3) is 4.48. The Morgan fingerprint density at radius 3 is 2.56 bits per heavy atom. The Bertz CT molecular complexity index is 773. The van der Waals surface area contributed by atoms with Crippen LogP contribution in [0.25, 0.3) is 0 Å². The number of ether oxygens (including phenoxy) is 1. The van der Waals surface area contributed by atoms with E-state index in [9.17, 15) is 4.79 Å². The van der Waals surface area contributed by atoms with Crippen LogP contribution in [0, 0.1) is 0 Å². The third-order valence-corrected chi connectivity index (χ3v) is 5.57. The molecule has 0 radical (unpaired) electrons. The second-order valence-corrected chi connectivity index (χ2v) is 7.41. The van der Waals surface area contributed by atoms with Crippen molar-refractivity contribution in [2.24, 2.45) is 0 Å². The van der Waals surface area contributed by atoms with Crippen LogP contribution in [0.1, 0.15) is 30.1 Å². The quantitative estimate of drug-likeness (QED) is 0.817. The van der Waals surface area contributed by atoms with E-state index in [4.69, 9.17) is 9.84 Å². The summed E-state index contributed by atoms with van der Waals surface area (Å²) in [7, 11) is 0. The lowest BCUT2D eigenvalue weighted by Crippen LogP contribution is -2.39. The van der Waals surface area contributed by atoms with E-state index in [-0.39, 0.29) is 5.69 Å². The van der Waals surface area contributed by atoms with E-state index in [1.165, 1.54) is 0 Å². The summed E-state index contributed by atoms with van der Waals surface area (Å²) >= 11 is 0. The van der Waals surface area contributed by atoms with Crippen molar-refractivity contribution in [2.75, 3.05) is 45.9 Å². The lowest BCUT2D eigenvalue weighted by atomic mass is 9.97. The van der Waals surface area contributed by atoms with Crippen LogP contribution in [-0.4, -0.2) is 65.2 Å². The molecule has 0 aliphatic carbocycles. The van der Waals surface area contributed by atoms with Gasteiger partial charge in [0.1, 0.15) is 5.82 Å². The topological polar surface area (TPSA) is 64.3 Å². The first-order valence-corrected chi connectivity index (χ1v) is 10.0. The van der Waals surface area contributed by atoms with E-state index >= 15 is 0 Å². The molecule has 2 aliphatic rings. The lowest BCUT2D eigenvalue weighted by Gasteiger charge is -2.26. The number of morpholine rings is 1. The van der Waals surface area contributed by atoms with Gasteiger partial charge in [0.2, 0.25) is 0 Å². The number of nitrogens with zero attached hydrogens (tertiary/aromatic N) is 4. The van der Waals surface area contributed by atoms with Crippen molar-refractivity contribution in [3.05, 3.63) is 52.2 Å². The fourth-order valence-corrected chi connectivity index (χ4v) is 3.96. The molecule has 0 unspecified atom stereocenters. The van der Waals surface area contributed by atoms with E-state index in [0.29, 0.717) is 19.0 Å². The highest BCUT2D eigenvalue weighted by Gasteiger charge is 2.24. The highest BCUT2D eigenvalue weighted by atomic mass is 16.5. The molecule has 1 aromatic carbocycles. The average Bonchev–Trinajstić information content (AvgIpc) is 3.04. The Morgan fingerprint density at radius 2 is 1.81 bits per heavy atom. The molecule has 2 aromatic rings. The fraction of sp³-hybridized carbons (Fsp3) is 0.600. The van der Waals surface area contributed by atoms with Crippen LogP contribution in [0.5, 0.6) is 0 Å². The monoisotopic (exact) mass is 371 g/mol. The van der Waals surface area contributed by atoms with Gasteiger partial charge < -0.3 is 10.1 Å². The molecule has 0 spiro atoms. The summed E-state index contributed by atoms with van der Waals surface area (Å²) in [5, 5.41) is 8.20. The molecule has 2 aliphatic heterocycles. The molecular weight excluding hydrogens is 342 g/mol. The molecule has 7 heteroatoms. The summed E-state index contributed by atoms with van der Waals surface area (Å²) in [4.78, 5) is 15.5. The third-order valence-electron chi connectivity index (χ3n) is 5.57. The standard InChI is InChI=1S/C20H29N5O2/c26-20-24(16-17-4-2-1-3-5-17)19(18-6-8-21-9-7-18)22-25(20)11-10-23-12-14-27-15-13-23/h1-5,18,21H,6-16H2. The Morgan fingerprint density at radius 1 is 1.07 bits per heavy atom. The first-order chi connectivity index (χ1) is 13.3.